The highest BCUT2D eigenvalue weighted by Gasteiger charge is 2.23. The van der Waals surface area contributed by atoms with Crippen molar-refractivity contribution in [2.75, 3.05) is 12.0 Å². The van der Waals surface area contributed by atoms with Crippen LogP contribution in [0.3, 0.4) is 0 Å². The van der Waals surface area contributed by atoms with Crippen LogP contribution in [-0.2, 0) is 0 Å². The number of aromatic nitrogens is 2. The number of amides is 1. The van der Waals surface area contributed by atoms with E-state index in [-0.39, 0.29) is 11.9 Å². The number of hydrogen-bond acceptors (Lipinski definition) is 4. The topological polar surface area (TPSA) is 83.8 Å². The minimum absolute atomic E-state index is 0.146. The quantitative estimate of drug-likeness (QED) is 0.761. The largest absolute Gasteiger partial charge is 0.396 e. The molecule has 0 atom stereocenters. The molecule has 0 saturated heterocycles. The minimum Gasteiger partial charge on any atom is -0.396 e. The van der Waals surface area contributed by atoms with E-state index in [4.69, 9.17) is 5.73 Å². The van der Waals surface area contributed by atoms with Crippen LogP contribution in [0.2, 0.25) is 0 Å². The monoisotopic (exact) mass is 254 g/mol. The van der Waals surface area contributed by atoms with Crippen molar-refractivity contribution in [2.45, 2.75) is 37.0 Å². The molecule has 4 N–H and O–H groups in total. The number of nitrogens with two attached hydrogens (primary N) is 1. The Kier molecular flexibility index (Phi) is 3.93. The smallest absolute Gasteiger partial charge is 0.271 e. The summed E-state index contributed by atoms with van der Waals surface area (Å²) in [5.74, 6) is -0.146. The summed E-state index contributed by atoms with van der Waals surface area (Å²) in [7, 11) is 0. The number of aromatic amines is 1. The Morgan fingerprint density at radius 1 is 1.53 bits per heavy atom. The van der Waals surface area contributed by atoms with Crippen molar-refractivity contribution in [1.82, 2.24) is 15.5 Å². The molecule has 0 spiro atoms. The fourth-order valence-corrected chi connectivity index (χ4v) is 2.92. The molecule has 0 aliphatic heterocycles. The van der Waals surface area contributed by atoms with Gasteiger partial charge in [0.25, 0.3) is 5.91 Å². The van der Waals surface area contributed by atoms with Crippen LogP contribution in [0.1, 0.15) is 36.2 Å². The maximum absolute atomic E-state index is 11.9. The molecule has 0 radical (unpaired) electrons. The fourth-order valence-electron chi connectivity index (χ4n) is 2.18. The number of thioether (sulfide) groups is 1. The van der Waals surface area contributed by atoms with Gasteiger partial charge in [-0.1, -0.05) is 0 Å². The number of carbonyl (C=O) groups excluding carboxylic acids is 1. The van der Waals surface area contributed by atoms with Crippen molar-refractivity contribution in [3.8, 4) is 0 Å². The number of nitrogens with one attached hydrogen (secondary N) is 2. The van der Waals surface area contributed by atoms with Crippen molar-refractivity contribution in [1.29, 1.82) is 0 Å². The second kappa shape index (κ2) is 5.44. The molecule has 0 aromatic carbocycles. The van der Waals surface area contributed by atoms with Crippen LogP contribution in [0.15, 0.2) is 6.20 Å². The summed E-state index contributed by atoms with van der Waals surface area (Å²) < 4.78 is 0. The average Bonchev–Trinajstić information content (AvgIpc) is 2.76. The van der Waals surface area contributed by atoms with Gasteiger partial charge in [0, 0.05) is 11.3 Å². The first-order chi connectivity index (χ1) is 8.20. The van der Waals surface area contributed by atoms with Gasteiger partial charge in [-0.15, -0.1) is 0 Å². The molecular weight excluding hydrogens is 236 g/mol. The van der Waals surface area contributed by atoms with Gasteiger partial charge in [-0.3, -0.25) is 9.89 Å². The summed E-state index contributed by atoms with van der Waals surface area (Å²) in [6, 6.07) is 0.272. The van der Waals surface area contributed by atoms with E-state index in [9.17, 15) is 4.79 Å². The third kappa shape index (κ3) is 2.94. The van der Waals surface area contributed by atoms with E-state index in [1.807, 2.05) is 11.8 Å². The molecule has 1 aromatic heterocycles. The van der Waals surface area contributed by atoms with Crippen LogP contribution in [0.5, 0.6) is 0 Å². The lowest BCUT2D eigenvalue weighted by Gasteiger charge is -2.27. The summed E-state index contributed by atoms with van der Waals surface area (Å²) in [6.45, 7) is 0. The normalized spacial score (nSPS) is 24.5. The molecule has 1 saturated carbocycles. The first-order valence-electron chi connectivity index (χ1n) is 5.83. The summed E-state index contributed by atoms with van der Waals surface area (Å²) in [5.41, 5.74) is 6.41. The van der Waals surface area contributed by atoms with Crippen LogP contribution in [0.4, 0.5) is 5.69 Å². The highest BCUT2D eigenvalue weighted by Crippen LogP contribution is 2.27. The van der Waals surface area contributed by atoms with Crippen molar-refractivity contribution in [3.05, 3.63) is 11.9 Å². The number of hydrogen-bond donors (Lipinski definition) is 3. The lowest BCUT2D eigenvalue weighted by Crippen LogP contribution is -2.38. The van der Waals surface area contributed by atoms with Gasteiger partial charge in [0.05, 0.1) is 11.9 Å². The molecule has 0 bridgehead atoms. The zero-order valence-electron chi connectivity index (χ0n) is 9.90. The predicted molar refractivity (Wildman–Crippen MR) is 70.0 cm³/mol. The fraction of sp³-hybridized carbons (Fsp3) is 0.636. The van der Waals surface area contributed by atoms with E-state index in [0.29, 0.717) is 11.4 Å². The summed E-state index contributed by atoms with van der Waals surface area (Å²) in [6.07, 6.45) is 8.04. The molecule has 1 aromatic rings. The minimum atomic E-state index is -0.146. The standard InChI is InChI=1S/C11H18N4OS/c1-17-8-4-2-7(3-5-8)14-11(16)10-9(12)6-13-15-10/h6-8H,2-5,12H2,1H3,(H,13,15)(H,14,16). The lowest BCUT2D eigenvalue weighted by molar-refractivity contribution is 0.0924. The lowest BCUT2D eigenvalue weighted by atomic mass is 9.95. The number of nitrogens with zero attached hydrogens (tertiary/aromatic N) is 1. The van der Waals surface area contributed by atoms with Gasteiger partial charge in [0.15, 0.2) is 0 Å². The van der Waals surface area contributed by atoms with Crippen molar-refractivity contribution < 1.29 is 4.79 Å². The van der Waals surface area contributed by atoms with Gasteiger partial charge < -0.3 is 11.1 Å². The zero-order chi connectivity index (χ0) is 12.3. The van der Waals surface area contributed by atoms with Gasteiger partial charge >= 0.3 is 0 Å². The Morgan fingerprint density at radius 2 is 2.24 bits per heavy atom. The third-order valence-corrected chi connectivity index (χ3v) is 4.38. The summed E-state index contributed by atoms with van der Waals surface area (Å²) >= 11 is 1.92. The molecule has 0 unspecified atom stereocenters. The van der Waals surface area contributed by atoms with Crippen LogP contribution < -0.4 is 11.1 Å². The molecule has 2 rings (SSSR count). The Hall–Kier alpha value is -1.17. The van der Waals surface area contributed by atoms with Crippen LogP contribution in [0.25, 0.3) is 0 Å². The molecule has 1 heterocycles. The Labute approximate surface area is 105 Å². The van der Waals surface area contributed by atoms with Gasteiger partial charge in [-0.05, 0) is 31.9 Å². The molecule has 1 aliphatic rings. The highest BCUT2D eigenvalue weighted by molar-refractivity contribution is 7.99. The maximum atomic E-state index is 11.9. The van der Waals surface area contributed by atoms with Crippen LogP contribution in [0, 0.1) is 0 Å². The van der Waals surface area contributed by atoms with Gasteiger partial charge in [-0.2, -0.15) is 16.9 Å². The Morgan fingerprint density at radius 3 is 2.76 bits per heavy atom. The van der Waals surface area contributed by atoms with E-state index in [1.54, 1.807) is 0 Å². The van der Waals surface area contributed by atoms with Crippen molar-refractivity contribution >= 4 is 23.4 Å². The van der Waals surface area contributed by atoms with E-state index < -0.39 is 0 Å². The molecule has 94 valence electrons. The van der Waals surface area contributed by atoms with Crippen molar-refractivity contribution in [3.63, 3.8) is 0 Å². The van der Waals surface area contributed by atoms with E-state index in [1.165, 1.54) is 19.0 Å². The van der Waals surface area contributed by atoms with Crippen molar-refractivity contribution in [2.24, 2.45) is 0 Å². The van der Waals surface area contributed by atoms with Gasteiger partial charge in [-0.25, -0.2) is 0 Å². The van der Waals surface area contributed by atoms with Gasteiger partial charge in [0.1, 0.15) is 5.69 Å². The van der Waals surface area contributed by atoms with E-state index in [2.05, 4.69) is 21.8 Å². The second-order valence-corrected chi connectivity index (χ2v) is 5.52. The highest BCUT2D eigenvalue weighted by atomic mass is 32.2. The number of rotatable bonds is 3. The molecule has 17 heavy (non-hydrogen) atoms. The first-order valence-corrected chi connectivity index (χ1v) is 7.12. The molecule has 1 fully saturated rings. The molecular formula is C11H18N4OS. The molecule has 6 heteroatoms. The van der Waals surface area contributed by atoms with E-state index in [0.717, 1.165) is 18.1 Å². The van der Waals surface area contributed by atoms with E-state index >= 15 is 0 Å². The van der Waals surface area contributed by atoms with Gasteiger partial charge in [0.2, 0.25) is 0 Å². The summed E-state index contributed by atoms with van der Waals surface area (Å²) in [5, 5.41) is 10.1. The average molecular weight is 254 g/mol. The molecule has 1 amide bonds. The molecule has 5 nitrogen and oxygen atoms in total. The zero-order valence-corrected chi connectivity index (χ0v) is 10.7. The number of anilines is 1. The second-order valence-electron chi connectivity index (χ2n) is 4.38. The number of H-pyrrole nitrogens is 1. The predicted octanol–water partition coefficient (Wildman–Crippen LogP) is 1.40. The third-order valence-electron chi connectivity index (χ3n) is 3.24. The first kappa shape index (κ1) is 12.3. The Balaban J connectivity index is 1.86. The number of carbonyl (C=O) groups is 1. The molecule has 1 aliphatic carbocycles. The summed E-state index contributed by atoms with van der Waals surface area (Å²) in [4.78, 5) is 11.9. The maximum Gasteiger partial charge on any atom is 0.271 e. The Bertz CT molecular complexity index is 385. The van der Waals surface area contributed by atoms with Crippen LogP contribution >= 0.6 is 11.8 Å². The SMILES string of the molecule is CSC1CCC(NC(=O)c2[nH]ncc2N)CC1. The number of nitrogen functional groups attached to an aromatic ring is 1. The van der Waals surface area contributed by atoms with Crippen LogP contribution in [-0.4, -0.2) is 33.7 Å².